The molecule has 1 aromatic heterocycles. The van der Waals surface area contributed by atoms with Crippen molar-refractivity contribution in [2.24, 2.45) is 5.41 Å². The number of carbonyl (C=O) groups excluding carboxylic acids is 1. The predicted molar refractivity (Wildman–Crippen MR) is 97.2 cm³/mol. The SMILES string of the molecule is Cc1ccc(CN2CCC3(CC2)C(=O)N(C)CC3c2ccccc2)o1. The molecule has 2 aliphatic heterocycles. The molecule has 1 unspecified atom stereocenters. The van der Waals surface area contributed by atoms with Crippen molar-refractivity contribution in [3.8, 4) is 0 Å². The number of hydrogen-bond acceptors (Lipinski definition) is 3. The van der Waals surface area contributed by atoms with Crippen LogP contribution in [0, 0.1) is 12.3 Å². The lowest BCUT2D eigenvalue weighted by Crippen LogP contribution is -2.45. The maximum Gasteiger partial charge on any atom is 0.229 e. The van der Waals surface area contributed by atoms with E-state index in [2.05, 4.69) is 35.2 Å². The predicted octanol–water partition coefficient (Wildman–Crippen LogP) is 3.43. The summed E-state index contributed by atoms with van der Waals surface area (Å²) in [6.07, 6.45) is 1.85. The summed E-state index contributed by atoms with van der Waals surface area (Å²) >= 11 is 0. The molecule has 2 aromatic rings. The number of furan rings is 1. The molecular weight excluding hydrogens is 312 g/mol. The third kappa shape index (κ3) is 2.89. The average molecular weight is 338 g/mol. The zero-order chi connectivity index (χ0) is 17.4. The van der Waals surface area contributed by atoms with Crippen LogP contribution in [0.2, 0.25) is 0 Å². The molecule has 0 saturated carbocycles. The lowest BCUT2D eigenvalue weighted by atomic mass is 9.68. The van der Waals surface area contributed by atoms with Crippen LogP contribution in [0.25, 0.3) is 0 Å². The molecule has 1 aromatic carbocycles. The van der Waals surface area contributed by atoms with E-state index in [0.29, 0.717) is 11.8 Å². The van der Waals surface area contributed by atoms with Gasteiger partial charge in [0, 0.05) is 19.5 Å². The summed E-state index contributed by atoms with van der Waals surface area (Å²) in [5, 5.41) is 0. The van der Waals surface area contributed by atoms with Gasteiger partial charge in [0.25, 0.3) is 0 Å². The van der Waals surface area contributed by atoms with Crippen molar-refractivity contribution in [1.29, 1.82) is 0 Å². The van der Waals surface area contributed by atoms with Crippen LogP contribution in [0.15, 0.2) is 46.9 Å². The van der Waals surface area contributed by atoms with Gasteiger partial charge >= 0.3 is 0 Å². The van der Waals surface area contributed by atoms with E-state index in [1.165, 1.54) is 5.56 Å². The third-order valence-corrected chi connectivity index (χ3v) is 6.02. The monoisotopic (exact) mass is 338 g/mol. The van der Waals surface area contributed by atoms with Gasteiger partial charge in [0.05, 0.1) is 12.0 Å². The van der Waals surface area contributed by atoms with E-state index in [1.54, 1.807) is 0 Å². The Bertz CT molecular complexity index is 744. The number of amides is 1. The summed E-state index contributed by atoms with van der Waals surface area (Å²) in [5.41, 5.74) is 1.07. The summed E-state index contributed by atoms with van der Waals surface area (Å²) in [5.74, 6) is 2.61. The maximum absolute atomic E-state index is 13.0. The van der Waals surface area contributed by atoms with E-state index >= 15 is 0 Å². The lowest BCUT2D eigenvalue weighted by Gasteiger charge is -2.41. The van der Waals surface area contributed by atoms with Crippen molar-refractivity contribution in [2.45, 2.75) is 32.2 Å². The van der Waals surface area contributed by atoms with Gasteiger partial charge in [-0.1, -0.05) is 30.3 Å². The molecule has 4 nitrogen and oxygen atoms in total. The van der Waals surface area contributed by atoms with Gasteiger partial charge in [-0.2, -0.15) is 0 Å². The van der Waals surface area contributed by atoms with Crippen molar-refractivity contribution in [3.05, 3.63) is 59.5 Å². The van der Waals surface area contributed by atoms with Crippen molar-refractivity contribution >= 4 is 5.91 Å². The Morgan fingerprint density at radius 1 is 1.12 bits per heavy atom. The fraction of sp³-hybridized carbons (Fsp3) is 0.476. The topological polar surface area (TPSA) is 36.7 Å². The Morgan fingerprint density at radius 3 is 2.48 bits per heavy atom. The molecule has 0 radical (unpaired) electrons. The number of likely N-dealkylation sites (tertiary alicyclic amines) is 2. The van der Waals surface area contributed by atoms with Crippen molar-refractivity contribution < 1.29 is 9.21 Å². The molecular formula is C21H26N2O2. The van der Waals surface area contributed by atoms with E-state index in [9.17, 15) is 4.79 Å². The number of benzene rings is 1. The van der Waals surface area contributed by atoms with Crippen LogP contribution in [0.1, 0.15) is 35.8 Å². The third-order valence-electron chi connectivity index (χ3n) is 6.02. The molecule has 2 aliphatic rings. The lowest BCUT2D eigenvalue weighted by molar-refractivity contribution is -0.137. The fourth-order valence-electron chi connectivity index (χ4n) is 4.63. The summed E-state index contributed by atoms with van der Waals surface area (Å²) < 4.78 is 5.72. The first-order valence-corrected chi connectivity index (χ1v) is 9.17. The molecule has 4 heteroatoms. The molecule has 2 fully saturated rings. The van der Waals surface area contributed by atoms with Crippen molar-refractivity contribution in [2.75, 3.05) is 26.7 Å². The van der Waals surface area contributed by atoms with Crippen LogP contribution in [0.4, 0.5) is 0 Å². The molecule has 1 spiro atoms. The first kappa shape index (κ1) is 16.4. The number of piperidine rings is 1. The van der Waals surface area contributed by atoms with Gasteiger partial charge in [-0.25, -0.2) is 0 Å². The highest BCUT2D eigenvalue weighted by atomic mass is 16.3. The fourth-order valence-corrected chi connectivity index (χ4v) is 4.63. The normalized spacial score (nSPS) is 23.5. The molecule has 132 valence electrons. The number of hydrogen-bond donors (Lipinski definition) is 0. The van der Waals surface area contributed by atoms with E-state index in [-0.39, 0.29) is 5.41 Å². The largest absolute Gasteiger partial charge is 0.465 e. The summed E-state index contributed by atoms with van der Waals surface area (Å²) in [4.78, 5) is 17.4. The summed E-state index contributed by atoms with van der Waals surface area (Å²) in [6, 6.07) is 14.6. The van der Waals surface area contributed by atoms with Gasteiger partial charge in [0.1, 0.15) is 11.5 Å². The highest BCUT2D eigenvalue weighted by molar-refractivity contribution is 5.86. The van der Waals surface area contributed by atoms with Crippen LogP contribution < -0.4 is 0 Å². The van der Waals surface area contributed by atoms with Gasteiger partial charge in [-0.15, -0.1) is 0 Å². The quantitative estimate of drug-likeness (QED) is 0.860. The Kier molecular flexibility index (Phi) is 4.16. The second kappa shape index (κ2) is 6.34. The molecule has 0 aliphatic carbocycles. The zero-order valence-electron chi connectivity index (χ0n) is 15.1. The first-order valence-electron chi connectivity index (χ1n) is 9.17. The van der Waals surface area contributed by atoms with Gasteiger partial charge in [0.2, 0.25) is 5.91 Å². The highest BCUT2D eigenvalue weighted by Gasteiger charge is 2.54. The number of aryl methyl sites for hydroxylation is 1. The molecule has 0 bridgehead atoms. The summed E-state index contributed by atoms with van der Waals surface area (Å²) in [7, 11) is 1.95. The second-order valence-corrected chi connectivity index (χ2v) is 7.59. The Hall–Kier alpha value is -2.07. The van der Waals surface area contributed by atoms with E-state index in [0.717, 1.165) is 50.5 Å². The van der Waals surface area contributed by atoms with Crippen molar-refractivity contribution in [1.82, 2.24) is 9.80 Å². The average Bonchev–Trinajstić information content (AvgIpc) is 3.14. The molecule has 4 rings (SSSR count). The van der Waals surface area contributed by atoms with Crippen LogP contribution in [-0.4, -0.2) is 42.4 Å². The van der Waals surface area contributed by atoms with Gasteiger partial charge in [-0.3, -0.25) is 9.69 Å². The molecule has 2 saturated heterocycles. The maximum atomic E-state index is 13.0. The van der Waals surface area contributed by atoms with Crippen LogP contribution >= 0.6 is 0 Å². The van der Waals surface area contributed by atoms with Gasteiger partial charge < -0.3 is 9.32 Å². The van der Waals surface area contributed by atoms with E-state index < -0.39 is 0 Å². The minimum Gasteiger partial charge on any atom is -0.465 e. The second-order valence-electron chi connectivity index (χ2n) is 7.59. The smallest absolute Gasteiger partial charge is 0.229 e. The Morgan fingerprint density at radius 2 is 1.84 bits per heavy atom. The first-order chi connectivity index (χ1) is 12.1. The molecule has 3 heterocycles. The van der Waals surface area contributed by atoms with Crippen LogP contribution in [0.3, 0.4) is 0 Å². The number of likely N-dealkylation sites (N-methyl/N-ethyl adjacent to an activating group) is 1. The zero-order valence-corrected chi connectivity index (χ0v) is 15.1. The minimum atomic E-state index is -0.230. The van der Waals surface area contributed by atoms with E-state index in [4.69, 9.17) is 4.42 Å². The van der Waals surface area contributed by atoms with Crippen LogP contribution in [-0.2, 0) is 11.3 Å². The summed E-state index contributed by atoms with van der Waals surface area (Å²) in [6.45, 7) is 5.54. The minimum absolute atomic E-state index is 0.230. The number of rotatable bonds is 3. The molecule has 25 heavy (non-hydrogen) atoms. The van der Waals surface area contributed by atoms with Gasteiger partial charge in [0.15, 0.2) is 0 Å². The van der Waals surface area contributed by atoms with Crippen molar-refractivity contribution in [3.63, 3.8) is 0 Å². The molecule has 1 atom stereocenters. The molecule has 1 amide bonds. The van der Waals surface area contributed by atoms with Crippen LogP contribution in [0.5, 0.6) is 0 Å². The Balaban J connectivity index is 1.51. The standard InChI is InChI=1S/C21H26N2O2/c1-16-8-9-18(25-16)14-23-12-10-21(11-13-23)19(15-22(2)20(21)24)17-6-4-3-5-7-17/h3-9,19H,10-15H2,1-2H3. The number of nitrogens with zero attached hydrogens (tertiary/aromatic N) is 2. The molecule has 0 N–H and O–H groups in total. The van der Waals surface area contributed by atoms with Gasteiger partial charge in [-0.05, 0) is 50.6 Å². The number of carbonyl (C=O) groups is 1. The Labute approximate surface area is 149 Å². The highest BCUT2D eigenvalue weighted by Crippen LogP contribution is 2.50. The van der Waals surface area contributed by atoms with E-state index in [1.807, 2.05) is 31.0 Å².